The summed E-state index contributed by atoms with van der Waals surface area (Å²) in [6.07, 6.45) is 3.04. The second kappa shape index (κ2) is 8.79. The smallest absolute Gasteiger partial charge is 0.225 e. The average molecular weight is 442 g/mol. The van der Waals surface area contributed by atoms with Crippen molar-refractivity contribution >= 4 is 11.6 Å². The minimum Gasteiger partial charge on any atom is -0.380 e. The molecule has 5 heteroatoms. The summed E-state index contributed by atoms with van der Waals surface area (Å²) in [7, 11) is 0. The van der Waals surface area contributed by atoms with E-state index in [0.29, 0.717) is 5.92 Å². The minimum absolute atomic E-state index is 0.130. The predicted octanol–water partition coefficient (Wildman–Crippen LogP) is 5.47. The largest absolute Gasteiger partial charge is 0.380 e. The Morgan fingerprint density at radius 3 is 2.55 bits per heavy atom. The summed E-state index contributed by atoms with van der Waals surface area (Å²) < 4.78 is 0. The van der Waals surface area contributed by atoms with Crippen LogP contribution >= 0.6 is 0 Å². The third-order valence-corrected chi connectivity index (χ3v) is 7.04. The molecule has 1 fully saturated rings. The maximum atomic E-state index is 5.01. The highest BCUT2D eigenvalue weighted by molar-refractivity contribution is 5.72. The molecule has 0 bridgehead atoms. The van der Waals surface area contributed by atoms with E-state index >= 15 is 0 Å². The van der Waals surface area contributed by atoms with Gasteiger partial charge >= 0.3 is 0 Å². The molecule has 0 saturated carbocycles. The van der Waals surface area contributed by atoms with Gasteiger partial charge in [0.05, 0.1) is 5.69 Å². The van der Waals surface area contributed by atoms with Crippen molar-refractivity contribution in [1.82, 2.24) is 14.9 Å². The zero-order valence-electron chi connectivity index (χ0n) is 20.3. The number of aryl methyl sites for hydroxylation is 1. The second-order valence-corrected chi connectivity index (χ2v) is 10.4. The molecule has 0 aliphatic carbocycles. The summed E-state index contributed by atoms with van der Waals surface area (Å²) in [6.45, 7) is 14.1. The maximum Gasteiger partial charge on any atom is 0.225 e. The summed E-state index contributed by atoms with van der Waals surface area (Å²) in [5.41, 5.74) is 7.65. The lowest BCUT2D eigenvalue weighted by molar-refractivity contribution is 0.248. The van der Waals surface area contributed by atoms with Crippen LogP contribution in [0.15, 0.2) is 54.7 Å². The van der Waals surface area contributed by atoms with Crippen LogP contribution in [0, 0.1) is 6.92 Å². The summed E-state index contributed by atoms with van der Waals surface area (Å²) in [5, 5.41) is 3.73. The van der Waals surface area contributed by atoms with Gasteiger partial charge in [0.2, 0.25) is 5.95 Å². The summed E-state index contributed by atoms with van der Waals surface area (Å²) in [4.78, 5) is 14.5. The maximum absolute atomic E-state index is 5.01. The Morgan fingerprint density at radius 2 is 1.79 bits per heavy atom. The van der Waals surface area contributed by atoms with Gasteiger partial charge in [-0.2, -0.15) is 0 Å². The van der Waals surface area contributed by atoms with E-state index in [-0.39, 0.29) is 5.54 Å². The zero-order valence-corrected chi connectivity index (χ0v) is 20.3. The molecular formula is C28H35N5. The van der Waals surface area contributed by atoms with Gasteiger partial charge in [-0.3, -0.25) is 4.90 Å². The number of aromatic nitrogens is 2. The fourth-order valence-electron chi connectivity index (χ4n) is 5.41. The molecule has 172 valence electrons. The Bertz CT molecular complexity index is 1120. The molecule has 1 saturated heterocycles. The van der Waals surface area contributed by atoms with E-state index in [1.54, 1.807) is 0 Å². The molecule has 5 rings (SSSR count). The molecule has 0 unspecified atom stereocenters. The lowest BCUT2D eigenvalue weighted by atomic mass is 9.80. The molecule has 0 spiro atoms. The monoisotopic (exact) mass is 441 g/mol. The van der Waals surface area contributed by atoms with E-state index < -0.39 is 0 Å². The van der Waals surface area contributed by atoms with E-state index in [9.17, 15) is 0 Å². The molecule has 1 N–H and O–H groups in total. The van der Waals surface area contributed by atoms with Gasteiger partial charge in [-0.25, -0.2) is 9.97 Å². The third kappa shape index (κ3) is 4.74. The SMILES string of the molecule is Cc1cc2c(cc1-c1ccnc(N3CCN(Cc4ccccc4)CC3)n1)[C@H](C)CC(C)(C)N2. The molecule has 33 heavy (non-hydrogen) atoms. The number of rotatable bonds is 4. The van der Waals surface area contributed by atoms with Gasteiger partial charge < -0.3 is 10.2 Å². The third-order valence-electron chi connectivity index (χ3n) is 7.04. The first-order valence-electron chi connectivity index (χ1n) is 12.2. The van der Waals surface area contributed by atoms with Crippen molar-refractivity contribution in [3.63, 3.8) is 0 Å². The van der Waals surface area contributed by atoms with E-state index in [0.717, 1.165) is 50.8 Å². The van der Waals surface area contributed by atoms with Crippen molar-refractivity contribution in [2.75, 3.05) is 36.4 Å². The number of hydrogen-bond donors (Lipinski definition) is 1. The van der Waals surface area contributed by atoms with Gasteiger partial charge in [-0.1, -0.05) is 37.3 Å². The molecule has 2 aliphatic rings. The first-order valence-corrected chi connectivity index (χ1v) is 12.2. The van der Waals surface area contributed by atoms with Gasteiger partial charge in [-0.15, -0.1) is 0 Å². The first kappa shape index (κ1) is 21.9. The van der Waals surface area contributed by atoms with Gasteiger partial charge in [0.15, 0.2) is 0 Å². The van der Waals surface area contributed by atoms with E-state index in [2.05, 4.69) is 96.3 Å². The van der Waals surface area contributed by atoms with Crippen LogP contribution < -0.4 is 10.2 Å². The normalized spacial score (nSPS) is 20.2. The van der Waals surface area contributed by atoms with Crippen LogP contribution in [0.1, 0.15) is 49.8 Å². The van der Waals surface area contributed by atoms with Crippen LogP contribution in [0.2, 0.25) is 0 Å². The van der Waals surface area contributed by atoms with Crippen LogP contribution in [0.5, 0.6) is 0 Å². The first-order chi connectivity index (χ1) is 15.9. The molecule has 5 nitrogen and oxygen atoms in total. The number of nitrogens with one attached hydrogen (secondary N) is 1. The van der Waals surface area contributed by atoms with Crippen molar-refractivity contribution in [2.24, 2.45) is 0 Å². The molecule has 1 atom stereocenters. The Labute approximate surface area is 197 Å². The Balaban J connectivity index is 1.33. The van der Waals surface area contributed by atoms with E-state index in [1.165, 1.54) is 27.9 Å². The zero-order chi connectivity index (χ0) is 23.0. The molecule has 1 aromatic heterocycles. The molecule has 0 amide bonds. The van der Waals surface area contributed by atoms with Crippen LogP contribution in [-0.2, 0) is 6.54 Å². The summed E-state index contributed by atoms with van der Waals surface area (Å²) >= 11 is 0. The number of piperazine rings is 1. The lowest BCUT2D eigenvalue weighted by Crippen LogP contribution is -2.46. The van der Waals surface area contributed by atoms with Gasteiger partial charge in [0.1, 0.15) is 0 Å². The highest BCUT2D eigenvalue weighted by Gasteiger charge is 2.30. The number of anilines is 2. The van der Waals surface area contributed by atoms with Crippen LogP contribution in [0.25, 0.3) is 11.3 Å². The molecule has 0 radical (unpaired) electrons. The van der Waals surface area contributed by atoms with Crippen molar-refractivity contribution < 1.29 is 0 Å². The topological polar surface area (TPSA) is 44.3 Å². The lowest BCUT2D eigenvalue weighted by Gasteiger charge is -2.38. The average Bonchev–Trinajstić information content (AvgIpc) is 2.79. The number of hydrogen-bond acceptors (Lipinski definition) is 5. The summed E-state index contributed by atoms with van der Waals surface area (Å²) in [5.74, 6) is 1.37. The summed E-state index contributed by atoms with van der Waals surface area (Å²) in [6, 6.07) is 17.4. The molecular weight excluding hydrogens is 406 g/mol. The Hall–Kier alpha value is -2.92. The van der Waals surface area contributed by atoms with E-state index in [1.807, 2.05) is 6.20 Å². The number of nitrogens with zero attached hydrogens (tertiary/aromatic N) is 4. The van der Waals surface area contributed by atoms with Gasteiger partial charge in [0, 0.05) is 55.7 Å². The fraction of sp³-hybridized carbons (Fsp3) is 0.429. The predicted molar refractivity (Wildman–Crippen MR) is 137 cm³/mol. The van der Waals surface area contributed by atoms with Crippen LogP contribution in [-0.4, -0.2) is 46.6 Å². The molecule has 2 aliphatic heterocycles. The number of fused-ring (bicyclic) bond motifs is 1. The van der Waals surface area contributed by atoms with Crippen LogP contribution in [0.3, 0.4) is 0 Å². The standard InChI is InChI=1S/C28H35N5/c1-20-16-26-24(21(2)18-28(3,4)31-26)17-23(20)25-10-11-29-27(30-25)33-14-12-32(13-15-33)19-22-8-6-5-7-9-22/h5-11,16-17,21,31H,12-15,18-19H2,1-4H3/t21-/m1/s1. The second-order valence-electron chi connectivity index (χ2n) is 10.4. The van der Waals surface area contributed by atoms with E-state index in [4.69, 9.17) is 4.98 Å². The van der Waals surface area contributed by atoms with Crippen molar-refractivity contribution in [3.8, 4) is 11.3 Å². The molecule has 2 aromatic carbocycles. The van der Waals surface area contributed by atoms with Gasteiger partial charge in [0.25, 0.3) is 0 Å². The van der Waals surface area contributed by atoms with Gasteiger partial charge in [-0.05, 0) is 68.0 Å². The van der Waals surface area contributed by atoms with Crippen molar-refractivity contribution in [1.29, 1.82) is 0 Å². The van der Waals surface area contributed by atoms with Crippen molar-refractivity contribution in [2.45, 2.75) is 52.1 Å². The van der Waals surface area contributed by atoms with Crippen molar-refractivity contribution in [3.05, 3.63) is 71.4 Å². The minimum atomic E-state index is 0.130. The molecule has 3 heterocycles. The highest BCUT2D eigenvalue weighted by atomic mass is 15.3. The highest BCUT2D eigenvalue weighted by Crippen LogP contribution is 2.41. The van der Waals surface area contributed by atoms with Crippen LogP contribution in [0.4, 0.5) is 11.6 Å². The quantitative estimate of drug-likeness (QED) is 0.581. The molecule has 3 aromatic rings. The fourth-order valence-corrected chi connectivity index (χ4v) is 5.41. The number of benzene rings is 2. The Morgan fingerprint density at radius 1 is 1.03 bits per heavy atom. The Kier molecular flexibility index (Phi) is 5.83.